The van der Waals surface area contributed by atoms with Gasteiger partial charge >= 0.3 is 0 Å². The monoisotopic (exact) mass is 827 g/mol. The first-order valence-electron chi connectivity index (χ1n) is 20.8. The molecule has 0 spiro atoms. The smallest absolute Gasteiger partial charge is 0.284 e. The van der Waals surface area contributed by atoms with Crippen LogP contribution in [-0.4, -0.2) is 122 Å². The summed E-state index contributed by atoms with van der Waals surface area (Å²) in [7, 11) is 0. The third-order valence-electron chi connectivity index (χ3n) is 12.6. The van der Waals surface area contributed by atoms with E-state index in [0.717, 1.165) is 63.1 Å². The van der Waals surface area contributed by atoms with Gasteiger partial charge in [-0.3, -0.25) is 38.9 Å². The molecule has 316 valence electrons. The van der Waals surface area contributed by atoms with Crippen molar-refractivity contribution in [3.63, 3.8) is 0 Å². The number of carbonyl (C=O) groups is 5. The van der Waals surface area contributed by atoms with Crippen LogP contribution in [-0.2, 0) is 14.3 Å². The molecule has 5 amide bonds. The van der Waals surface area contributed by atoms with Gasteiger partial charge in [0, 0.05) is 50.7 Å². The molecule has 1 atom stereocenters. The average Bonchev–Trinajstić information content (AvgIpc) is 3.95. The fourth-order valence-electron chi connectivity index (χ4n) is 9.27. The predicted octanol–water partition coefficient (Wildman–Crippen LogP) is 3.91. The molecular weight excluding hydrogens is 781 g/mol. The number of likely N-dealkylation sites (tertiary alicyclic amines) is 1. The number of aromatic nitrogens is 5. The number of carbonyl (C=O) groups excluding carboxylic acids is 5. The molecule has 9 rings (SSSR count). The van der Waals surface area contributed by atoms with Crippen molar-refractivity contribution >= 4 is 52.4 Å². The minimum atomic E-state index is -2.87. The molecule has 3 N–H and O–H groups in total. The van der Waals surface area contributed by atoms with Crippen LogP contribution in [0.2, 0.25) is 0 Å². The number of anilines is 3. The molecule has 19 heteroatoms. The first kappa shape index (κ1) is 39.6. The Kier molecular flexibility index (Phi) is 11.0. The Labute approximate surface area is 343 Å². The number of rotatable bonds is 11. The minimum Gasteiger partial charge on any atom is -0.384 e. The van der Waals surface area contributed by atoms with Crippen LogP contribution >= 0.6 is 0 Å². The molecule has 1 saturated carbocycles. The fourth-order valence-corrected chi connectivity index (χ4v) is 9.27. The van der Waals surface area contributed by atoms with E-state index in [2.05, 4.69) is 40.9 Å². The first-order valence-corrected chi connectivity index (χ1v) is 20.8. The number of benzene rings is 1. The Hall–Kier alpha value is -5.82. The van der Waals surface area contributed by atoms with Crippen molar-refractivity contribution in [3.8, 4) is 0 Å². The summed E-state index contributed by atoms with van der Waals surface area (Å²) < 4.78 is 37.0. The Morgan fingerprint density at radius 3 is 2.45 bits per heavy atom. The van der Waals surface area contributed by atoms with E-state index in [1.54, 1.807) is 29.1 Å². The molecule has 0 bridgehead atoms. The lowest BCUT2D eigenvalue weighted by Crippen LogP contribution is -2.54. The van der Waals surface area contributed by atoms with E-state index in [9.17, 15) is 32.8 Å². The maximum absolute atomic E-state index is 14.3. The molecule has 4 aliphatic heterocycles. The predicted molar refractivity (Wildman–Crippen MR) is 213 cm³/mol. The van der Waals surface area contributed by atoms with Crippen LogP contribution in [0, 0.1) is 11.8 Å². The van der Waals surface area contributed by atoms with Gasteiger partial charge in [-0.25, -0.2) is 18.3 Å². The number of morpholine rings is 1. The lowest BCUT2D eigenvalue weighted by Gasteiger charge is -2.36. The van der Waals surface area contributed by atoms with Crippen molar-refractivity contribution in [2.75, 3.05) is 68.0 Å². The van der Waals surface area contributed by atoms with Gasteiger partial charge in [-0.15, -0.1) is 0 Å². The van der Waals surface area contributed by atoms with E-state index in [1.807, 2.05) is 6.07 Å². The Morgan fingerprint density at radius 1 is 0.917 bits per heavy atom. The third-order valence-corrected chi connectivity index (χ3v) is 12.6. The second-order valence-electron chi connectivity index (χ2n) is 16.3. The van der Waals surface area contributed by atoms with Crippen molar-refractivity contribution in [1.82, 2.24) is 39.5 Å². The molecule has 60 heavy (non-hydrogen) atoms. The van der Waals surface area contributed by atoms with Gasteiger partial charge in [0.15, 0.2) is 11.3 Å². The highest BCUT2D eigenvalue weighted by Gasteiger charge is 2.45. The van der Waals surface area contributed by atoms with Gasteiger partial charge in [0.25, 0.3) is 24.1 Å². The molecule has 5 aliphatic rings. The SMILES string of the molecule is O=C1CCC(N2C(=O)c3cccc(NCC4CCN(C[C@H]5CC[C@H](n6cc(NC(=O)c7cnn8ccc(N9CCOCC9)nc78)c(C(F)F)n6)CC5)CC4)c3C2=O)C(=O)N1. The summed E-state index contributed by atoms with van der Waals surface area (Å²) in [6, 6.07) is 5.84. The first-order chi connectivity index (χ1) is 29.1. The Morgan fingerprint density at radius 2 is 1.70 bits per heavy atom. The summed E-state index contributed by atoms with van der Waals surface area (Å²) in [5.74, 6) is -1.17. The van der Waals surface area contributed by atoms with Gasteiger partial charge < -0.3 is 25.2 Å². The molecular formula is C41H47F2N11O6. The number of ether oxygens (including phenoxy) is 1. The number of halogens is 2. The van der Waals surface area contributed by atoms with Crippen LogP contribution < -0.4 is 20.9 Å². The summed E-state index contributed by atoms with van der Waals surface area (Å²) >= 11 is 0. The van der Waals surface area contributed by atoms with Crippen LogP contribution in [0.4, 0.5) is 26.0 Å². The van der Waals surface area contributed by atoms with E-state index < -0.39 is 47.7 Å². The van der Waals surface area contributed by atoms with Gasteiger partial charge in [-0.1, -0.05) is 6.07 Å². The highest BCUT2D eigenvalue weighted by atomic mass is 19.3. The summed E-state index contributed by atoms with van der Waals surface area (Å²) in [6.07, 6.45) is 7.29. The van der Waals surface area contributed by atoms with Crippen LogP contribution in [0.1, 0.15) is 101 Å². The lowest BCUT2D eigenvalue weighted by molar-refractivity contribution is -0.136. The number of fused-ring (bicyclic) bond motifs is 2. The molecule has 3 saturated heterocycles. The van der Waals surface area contributed by atoms with Crippen molar-refractivity contribution in [2.45, 2.75) is 69.9 Å². The Balaban J connectivity index is 0.755. The second kappa shape index (κ2) is 16.7. The summed E-state index contributed by atoms with van der Waals surface area (Å²) in [4.78, 5) is 74.5. The molecule has 4 aromatic rings. The summed E-state index contributed by atoms with van der Waals surface area (Å²) in [5.41, 5.74) is 1.10. The maximum atomic E-state index is 14.3. The zero-order valence-corrected chi connectivity index (χ0v) is 33.0. The van der Waals surface area contributed by atoms with Crippen LogP contribution in [0.5, 0.6) is 0 Å². The molecule has 3 aromatic heterocycles. The number of hydrogen-bond acceptors (Lipinski definition) is 12. The number of nitrogens with zero attached hydrogens (tertiary/aromatic N) is 8. The van der Waals surface area contributed by atoms with Gasteiger partial charge in [0.2, 0.25) is 11.8 Å². The van der Waals surface area contributed by atoms with Crippen molar-refractivity contribution in [1.29, 1.82) is 0 Å². The molecule has 0 radical (unpaired) electrons. The van der Waals surface area contributed by atoms with Gasteiger partial charge in [-0.05, 0) is 88.1 Å². The molecule has 17 nitrogen and oxygen atoms in total. The highest BCUT2D eigenvalue weighted by Crippen LogP contribution is 2.37. The van der Waals surface area contributed by atoms with E-state index >= 15 is 0 Å². The number of nitrogens with one attached hydrogen (secondary N) is 3. The maximum Gasteiger partial charge on any atom is 0.284 e. The van der Waals surface area contributed by atoms with Crippen molar-refractivity contribution in [2.24, 2.45) is 11.8 Å². The van der Waals surface area contributed by atoms with Crippen LogP contribution in [0.25, 0.3) is 5.65 Å². The van der Waals surface area contributed by atoms with E-state index in [4.69, 9.17) is 4.74 Å². The van der Waals surface area contributed by atoms with E-state index in [-0.39, 0.29) is 41.3 Å². The van der Waals surface area contributed by atoms with E-state index in [0.29, 0.717) is 61.8 Å². The molecule has 1 aliphatic carbocycles. The van der Waals surface area contributed by atoms with Gasteiger partial charge in [0.05, 0.1) is 42.3 Å². The number of piperidine rings is 2. The van der Waals surface area contributed by atoms with Gasteiger partial charge in [-0.2, -0.15) is 10.2 Å². The summed E-state index contributed by atoms with van der Waals surface area (Å²) in [6.45, 7) is 5.94. The minimum absolute atomic E-state index is 0.0240. The molecule has 1 unspecified atom stereocenters. The Bertz CT molecular complexity index is 2310. The largest absolute Gasteiger partial charge is 0.384 e. The van der Waals surface area contributed by atoms with Gasteiger partial charge in [0.1, 0.15) is 17.4 Å². The third kappa shape index (κ3) is 7.82. The number of amides is 5. The summed E-state index contributed by atoms with van der Waals surface area (Å²) in [5, 5.41) is 16.8. The number of alkyl halides is 2. The highest BCUT2D eigenvalue weighted by molar-refractivity contribution is 6.25. The zero-order chi connectivity index (χ0) is 41.5. The van der Waals surface area contributed by atoms with Crippen molar-refractivity contribution < 1.29 is 37.5 Å². The van der Waals surface area contributed by atoms with Crippen LogP contribution in [0.3, 0.4) is 0 Å². The zero-order valence-electron chi connectivity index (χ0n) is 33.0. The normalized spacial score (nSPS) is 23.1. The fraction of sp³-hybridized carbons (Fsp3) is 0.512. The quantitative estimate of drug-likeness (QED) is 0.185. The standard InChI is InChI=1S/C41H47F2N11O6/c42-36(43)35-30(46-38(56)28-21-45-52-15-12-32(47-37(28)52)51-16-18-60-19-17-51)23-53(49-35)26-6-4-25(5-7-26)22-50-13-10-24(11-14-50)20-44-29-3-1-2-27-34(29)41(59)54(40(27)58)31-8-9-33(55)48-39(31)57/h1-3,12,15,21,23-26,31,36,44H,4-11,13-14,16-20,22H2,(H,46,56)(H,48,55,57)/t25-,26-,31?. The molecule has 7 heterocycles. The van der Waals surface area contributed by atoms with Crippen molar-refractivity contribution in [3.05, 3.63) is 65.2 Å². The van der Waals surface area contributed by atoms with Crippen LogP contribution in [0.15, 0.2) is 42.9 Å². The molecule has 1 aromatic carbocycles. The molecule has 4 fully saturated rings. The average molecular weight is 828 g/mol. The second-order valence-corrected chi connectivity index (χ2v) is 16.3. The van der Waals surface area contributed by atoms with E-state index in [1.165, 1.54) is 16.9 Å². The lowest BCUT2D eigenvalue weighted by atomic mass is 9.85. The topological polar surface area (TPSA) is 188 Å². The number of hydrogen-bond donors (Lipinski definition) is 3. The number of imide groups is 2.